The van der Waals surface area contributed by atoms with Gasteiger partial charge in [0.25, 0.3) is 0 Å². The summed E-state index contributed by atoms with van der Waals surface area (Å²) in [4.78, 5) is 0. The lowest BCUT2D eigenvalue weighted by Crippen LogP contribution is -2.17. The van der Waals surface area contributed by atoms with Gasteiger partial charge in [0.15, 0.2) is 0 Å². The van der Waals surface area contributed by atoms with Crippen LogP contribution in [0.2, 0.25) is 0 Å². The summed E-state index contributed by atoms with van der Waals surface area (Å²) >= 11 is 0. The van der Waals surface area contributed by atoms with Crippen LogP contribution < -0.4 is 5.73 Å². The molecule has 1 rings (SSSR count). The first kappa shape index (κ1) is 9.20. The van der Waals surface area contributed by atoms with Crippen molar-refractivity contribution < 1.29 is 4.39 Å². The molecule has 1 unspecified atom stereocenters. The number of aryl methyl sites for hydroxylation is 1. The first-order valence-corrected chi connectivity index (χ1v) is 4.12. The minimum Gasteiger partial charge on any atom is -0.328 e. The molecule has 0 radical (unpaired) electrons. The van der Waals surface area contributed by atoms with Crippen molar-refractivity contribution in [1.29, 1.82) is 0 Å². The fraction of sp³-hybridized carbons (Fsp3) is 0.400. The summed E-state index contributed by atoms with van der Waals surface area (Å²) in [5.74, 6) is 0. The Labute approximate surface area is 72.4 Å². The van der Waals surface area contributed by atoms with Crippen LogP contribution in [0.3, 0.4) is 0 Å². The van der Waals surface area contributed by atoms with Crippen molar-refractivity contribution in [3.63, 3.8) is 0 Å². The molecule has 0 saturated carbocycles. The van der Waals surface area contributed by atoms with Crippen molar-refractivity contribution in [2.24, 2.45) is 5.73 Å². The lowest BCUT2D eigenvalue weighted by molar-refractivity contribution is 0.340. The van der Waals surface area contributed by atoms with Gasteiger partial charge in [-0.25, -0.2) is 4.39 Å². The van der Waals surface area contributed by atoms with Crippen molar-refractivity contribution in [1.82, 2.24) is 0 Å². The second-order valence-corrected chi connectivity index (χ2v) is 2.96. The maximum Gasteiger partial charge on any atom is 0.116 e. The molecule has 1 aromatic carbocycles. The highest BCUT2D eigenvalue weighted by atomic mass is 19.1. The van der Waals surface area contributed by atoms with Crippen molar-refractivity contribution in [3.8, 4) is 0 Å². The minimum absolute atomic E-state index is 0.105. The maximum absolute atomic E-state index is 12.9. The van der Waals surface area contributed by atoms with E-state index in [2.05, 4.69) is 0 Å². The Hall–Kier alpha value is -0.890. The zero-order chi connectivity index (χ0) is 8.97. The van der Waals surface area contributed by atoms with Crippen LogP contribution in [-0.2, 0) is 6.42 Å². The number of hydrogen-bond acceptors (Lipinski definition) is 1. The summed E-state index contributed by atoms with van der Waals surface area (Å²) in [6, 6.07) is 7.80. The quantitative estimate of drug-likeness (QED) is 0.730. The van der Waals surface area contributed by atoms with Crippen LogP contribution in [0.25, 0.3) is 0 Å². The standard InChI is InChI=1S/C10H14FN/c1-8-4-2-3-5-9(8)6-10(11)7-12/h2-5,10H,6-7,12H2,1H3. The van der Waals surface area contributed by atoms with Gasteiger partial charge in [-0.15, -0.1) is 0 Å². The normalized spacial score (nSPS) is 12.9. The molecule has 66 valence electrons. The summed E-state index contributed by atoms with van der Waals surface area (Å²) in [7, 11) is 0. The van der Waals surface area contributed by atoms with E-state index < -0.39 is 6.17 Å². The molecule has 0 heterocycles. The van der Waals surface area contributed by atoms with E-state index in [0.717, 1.165) is 11.1 Å². The highest BCUT2D eigenvalue weighted by molar-refractivity contribution is 5.26. The van der Waals surface area contributed by atoms with Crippen molar-refractivity contribution in [3.05, 3.63) is 35.4 Å². The smallest absolute Gasteiger partial charge is 0.116 e. The van der Waals surface area contributed by atoms with Gasteiger partial charge in [-0.1, -0.05) is 24.3 Å². The van der Waals surface area contributed by atoms with Gasteiger partial charge >= 0.3 is 0 Å². The molecular weight excluding hydrogens is 153 g/mol. The monoisotopic (exact) mass is 167 g/mol. The molecule has 0 saturated heterocycles. The molecule has 0 fully saturated rings. The van der Waals surface area contributed by atoms with Crippen LogP contribution >= 0.6 is 0 Å². The van der Waals surface area contributed by atoms with Gasteiger partial charge in [-0.3, -0.25) is 0 Å². The van der Waals surface area contributed by atoms with Gasteiger partial charge in [0.2, 0.25) is 0 Å². The van der Waals surface area contributed by atoms with E-state index >= 15 is 0 Å². The third-order valence-electron chi connectivity index (χ3n) is 1.96. The highest BCUT2D eigenvalue weighted by Gasteiger charge is 2.05. The molecule has 2 heteroatoms. The van der Waals surface area contributed by atoms with Crippen molar-refractivity contribution in [2.45, 2.75) is 19.5 Å². The fourth-order valence-corrected chi connectivity index (χ4v) is 1.16. The van der Waals surface area contributed by atoms with Crippen LogP contribution in [0.5, 0.6) is 0 Å². The Morgan fingerprint density at radius 1 is 1.42 bits per heavy atom. The topological polar surface area (TPSA) is 26.0 Å². The van der Waals surface area contributed by atoms with E-state index in [9.17, 15) is 4.39 Å². The van der Waals surface area contributed by atoms with Crippen molar-refractivity contribution in [2.75, 3.05) is 6.54 Å². The summed E-state index contributed by atoms with van der Waals surface area (Å²) in [6.45, 7) is 2.09. The Morgan fingerprint density at radius 2 is 2.08 bits per heavy atom. The lowest BCUT2D eigenvalue weighted by atomic mass is 10.0. The zero-order valence-electron chi connectivity index (χ0n) is 7.26. The SMILES string of the molecule is Cc1ccccc1CC(F)CN. The van der Waals surface area contributed by atoms with Crippen molar-refractivity contribution >= 4 is 0 Å². The van der Waals surface area contributed by atoms with Gasteiger partial charge in [0.1, 0.15) is 6.17 Å². The van der Waals surface area contributed by atoms with E-state index in [4.69, 9.17) is 5.73 Å². The van der Waals surface area contributed by atoms with Crippen LogP contribution in [0, 0.1) is 6.92 Å². The third-order valence-corrected chi connectivity index (χ3v) is 1.96. The van der Waals surface area contributed by atoms with E-state index in [0.29, 0.717) is 6.42 Å². The number of hydrogen-bond donors (Lipinski definition) is 1. The molecular formula is C10H14FN. The summed E-state index contributed by atoms with van der Waals surface area (Å²) in [5.41, 5.74) is 7.38. The second kappa shape index (κ2) is 4.21. The lowest BCUT2D eigenvalue weighted by Gasteiger charge is -2.07. The van der Waals surface area contributed by atoms with Crippen LogP contribution in [0.1, 0.15) is 11.1 Å². The van der Waals surface area contributed by atoms with Crippen LogP contribution in [-0.4, -0.2) is 12.7 Å². The molecule has 0 aliphatic carbocycles. The number of benzene rings is 1. The van der Waals surface area contributed by atoms with Gasteiger partial charge in [0.05, 0.1) is 0 Å². The average Bonchev–Trinajstić information content (AvgIpc) is 2.09. The van der Waals surface area contributed by atoms with Gasteiger partial charge in [0, 0.05) is 13.0 Å². The van der Waals surface area contributed by atoms with E-state index in [-0.39, 0.29) is 6.54 Å². The number of alkyl halides is 1. The molecule has 0 spiro atoms. The van der Waals surface area contributed by atoms with E-state index in [1.807, 2.05) is 31.2 Å². The Bertz CT molecular complexity index is 247. The molecule has 0 aliphatic heterocycles. The summed E-state index contributed by atoms with van der Waals surface area (Å²) in [5, 5.41) is 0. The first-order chi connectivity index (χ1) is 5.74. The molecule has 1 atom stereocenters. The summed E-state index contributed by atoms with van der Waals surface area (Å²) in [6.07, 6.45) is -0.477. The predicted molar refractivity (Wildman–Crippen MR) is 48.8 cm³/mol. The molecule has 0 aliphatic rings. The molecule has 0 bridgehead atoms. The molecule has 0 amide bonds. The summed E-state index contributed by atoms with van der Waals surface area (Å²) < 4.78 is 12.9. The Balaban J connectivity index is 2.69. The van der Waals surface area contributed by atoms with Gasteiger partial charge in [-0.05, 0) is 18.1 Å². The van der Waals surface area contributed by atoms with Gasteiger partial charge < -0.3 is 5.73 Å². The Morgan fingerprint density at radius 3 is 2.67 bits per heavy atom. The Kier molecular flexibility index (Phi) is 3.23. The fourth-order valence-electron chi connectivity index (χ4n) is 1.16. The number of halogens is 1. The van der Waals surface area contributed by atoms with E-state index in [1.165, 1.54) is 0 Å². The third kappa shape index (κ3) is 2.31. The number of nitrogens with two attached hydrogens (primary N) is 1. The highest BCUT2D eigenvalue weighted by Crippen LogP contribution is 2.10. The second-order valence-electron chi connectivity index (χ2n) is 2.96. The van der Waals surface area contributed by atoms with E-state index in [1.54, 1.807) is 0 Å². The molecule has 1 aromatic rings. The maximum atomic E-state index is 12.9. The molecule has 0 aromatic heterocycles. The van der Waals surface area contributed by atoms with Gasteiger partial charge in [-0.2, -0.15) is 0 Å². The van der Waals surface area contributed by atoms with Crippen LogP contribution in [0.15, 0.2) is 24.3 Å². The molecule has 12 heavy (non-hydrogen) atoms. The zero-order valence-corrected chi connectivity index (χ0v) is 7.26. The molecule has 2 N–H and O–H groups in total. The first-order valence-electron chi connectivity index (χ1n) is 4.12. The number of rotatable bonds is 3. The molecule has 1 nitrogen and oxygen atoms in total. The predicted octanol–water partition coefficient (Wildman–Crippen LogP) is 1.83. The largest absolute Gasteiger partial charge is 0.328 e. The average molecular weight is 167 g/mol. The minimum atomic E-state index is -0.911. The van der Waals surface area contributed by atoms with Crippen LogP contribution in [0.4, 0.5) is 4.39 Å².